The molecule has 0 unspecified atom stereocenters. The van der Waals surface area contributed by atoms with Gasteiger partial charge >= 0.3 is 5.97 Å². The van der Waals surface area contributed by atoms with Crippen molar-refractivity contribution in [1.82, 2.24) is 5.32 Å². The Balaban J connectivity index is 1.16. The Bertz CT molecular complexity index is 1390. The Morgan fingerprint density at radius 1 is 0.938 bits per heavy atom. The number of hydrogen-bond acceptors (Lipinski definition) is 3. The Labute approximate surface area is 291 Å². The maximum Gasteiger partial charge on any atom is 0.312 e. The topological polar surface area (TPSA) is 58.6 Å². The Morgan fingerprint density at radius 3 is 2.29 bits per heavy atom. The van der Waals surface area contributed by atoms with Gasteiger partial charge in [0.1, 0.15) is 6.67 Å². The Morgan fingerprint density at radius 2 is 1.69 bits per heavy atom. The highest BCUT2D eigenvalue weighted by molar-refractivity contribution is 5.75. The van der Waals surface area contributed by atoms with E-state index in [2.05, 4.69) is 72.5 Å². The molecule has 10 atom stereocenters. The SMILES string of the molecule is C=C(C)[C@@H]1CC[C@]2(NCCC3(C)COC3)CC[C@]3(C)[C@H](CC[C@@H]4[C@@]5(C)CC=C(C6=CC[C@](CF)(C(=O)O)CC6)C(C)(C)[C@@H]5CC[C@]43C)[C@@H]12. The van der Waals surface area contributed by atoms with Gasteiger partial charge in [0.25, 0.3) is 0 Å². The molecule has 0 aromatic heterocycles. The predicted molar refractivity (Wildman–Crippen MR) is 192 cm³/mol. The molecule has 7 rings (SSSR count). The molecule has 2 N–H and O–H groups in total. The first-order valence-electron chi connectivity index (χ1n) is 19.7. The van der Waals surface area contributed by atoms with Gasteiger partial charge in [0.2, 0.25) is 0 Å². The number of nitrogens with one attached hydrogen (secondary N) is 1. The molecule has 0 aromatic rings. The molecule has 0 amide bonds. The van der Waals surface area contributed by atoms with Gasteiger partial charge in [-0.1, -0.05) is 65.8 Å². The number of rotatable bonds is 8. The van der Waals surface area contributed by atoms with Gasteiger partial charge in [-0.05, 0) is 159 Å². The van der Waals surface area contributed by atoms with Crippen LogP contribution in [0.25, 0.3) is 0 Å². The summed E-state index contributed by atoms with van der Waals surface area (Å²) in [6, 6.07) is 0. The third kappa shape index (κ3) is 4.81. The third-order valence-corrected chi connectivity index (χ3v) is 17.4. The summed E-state index contributed by atoms with van der Waals surface area (Å²) in [7, 11) is 0. The number of carbonyl (C=O) groups is 1. The van der Waals surface area contributed by atoms with Gasteiger partial charge in [0.15, 0.2) is 0 Å². The summed E-state index contributed by atoms with van der Waals surface area (Å²) in [5.74, 6) is 2.33. The van der Waals surface area contributed by atoms with E-state index >= 15 is 0 Å². The van der Waals surface area contributed by atoms with Crippen molar-refractivity contribution in [3.63, 3.8) is 0 Å². The highest BCUT2D eigenvalue weighted by Crippen LogP contribution is 2.76. The van der Waals surface area contributed by atoms with Crippen molar-refractivity contribution < 1.29 is 19.0 Å². The quantitative estimate of drug-likeness (QED) is 0.254. The first-order valence-corrected chi connectivity index (χ1v) is 19.7. The van der Waals surface area contributed by atoms with Crippen molar-refractivity contribution in [2.45, 2.75) is 137 Å². The number of allylic oxidation sites excluding steroid dienone is 5. The fourth-order valence-electron chi connectivity index (χ4n) is 14.3. The van der Waals surface area contributed by atoms with Crippen LogP contribution in [-0.4, -0.2) is 43.0 Å². The minimum absolute atomic E-state index is 0.0150. The van der Waals surface area contributed by atoms with E-state index in [-0.39, 0.29) is 16.4 Å². The van der Waals surface area contributed by atoms with E-state index in [0.717, 1.165) is 32.1 Å². The summed E-state index contributed by atoms with van der Waals surface area (Å²) in [6.07, 6.45) is 18.8. The fourth-order valence-corrected chi connectivity index (χ4v) is 14.3. The van der Waals surface area contributed by atoms with Crippen molar-refractivity contribution in [1.29, 1.82) is 0 Å². The zero-order valence-electron chi connectivity index (χ0n) is 31.4. The third-order valence-electron chi connectivity index (χ3n) is 17.4. The molecular formula is C43H66FNO3. The zero-order valence-corrected chi connectivity index (χ0v) is 31.4. The summed E-state index contributed by atoms with van der Waals surface area (Å²) in [5, 5.41) is 14.1. The molecule has 48 heavy (non-hydrogen) atoms. The fraction of sp³-hybridized carbons (Fsp3) is 0.837. The van der Waals surface area contributed by atoms with E-state index in [1.165, 1.54) is 74.5 Å². The second-order valence-electron chi connectivity index (χ2n) is 20.0. The molecule has 1 aliphatic heterocycles. The van der Waals surface area contributed by atoms with Crippen molar-refractivity contribution in [2.75, 3.05) is 26.4 Å². The van der Waals surface area contributed by atoms with Gasteiger partial charge in [0, 0.05) is 11.0 Å². The lowest BCUT2D eigenvalue weighted by Crippen LogP contribution is -2.68. The van der Waals surface area contributed by atoms with Crippen molar-refractivity contribution in [3.8, 4) is 0 Å². The molecule has 4 saturated carbocycles. The maximum absolute atomic E-state index is 14.0. The Hall–Kier alpha value is -1.46. The highest BCUT2D eigenvalue weighted by atomic mass is 19.1. The number of hydrogen-bond donors (Lipinski definition) is 2. The molecule has 5 fully saturated rings. The van der Waals surface area contributed by atoms with Gasteiger partial charge in [-0.2, -0.15) is 0 Å². The summed E-state index contributed by atoms with van der Waals surface area (Å²) >= 11 is 0. The van der Waals surface area contributed by atoms with Crippen LogP contribution in [0, 0.1) is 62.1 Å². The largest absolute Gasteiger partial charge is 0.481 e. The standard InChI is InChI=1S/C43H66FNO3/c1-28(2)30-13-20-43(45-24-23-38(5)26-48-27-38)22-21-40(7)32(35(30)43)9-10-34-39(6)16-14-31(37(3,4)33(39)15-17-41(34,40)8)29-11-18-42(25-44,19-12-29)36(46)47/h11,14,30,32-35,45H,1,9-10,12-13,15-27H2,2-8H3,(H,46,47)/t30-,32+,33-,34+,35+,39-,40+,41+,42-,43-/m0/s1. The van der Waals surface area contributed by atoms with Gasteiger partial charge in [-0.3, -0.25) is 4.79 Å². The Kier molecular flexibility index (Phi) is 8.39. The number of ether oxygens (including phenoxy) is 1. The number of aliphatic carboxylic acids is 1. The van der Waals surface area contributed by atoms with Gasteiger partial charge in [0.05, 0.1) is 18.6 Å². The number of carboxylic acids is 1. The van der Waals surface area contributed by atoms with Crippen LogP contribution in [0.4, 0.5) is 4.39 Å². The molecule has 0 aromatic carbocycles. The number of carboxylic acid groups (broad SMARTS) is 1. The average Bonchev–Trinajstić information content (AvgIpc) is 3.40. The van der Waals surface area contributed by atoms with Crippen LogP contribution < -0.4 is 5.32 Å². The minimum Gasteiger partial charge on any atom is -0.481 e. The molecule has 1 heterocycles. The second kappa shape index (κ2) is 11.5. The molecule has 0 radical (unpaired) electrons. The molecule has 5 heteroatoms. The lowest BCUT2D eigenvalue weighted by molar-refractivity contribution is -0.221. The summed E-state index contributed by atoms with van der Waals surface area (Å²) in [6.45, 7) is 24.5. The lowest BCUT2D eigenvalue weighted by Gasteiger charge is -2.72. The van der Waals surface area contributed by atoms with E-state index in [1.807, 2.05) is 0 Å². The molecule has 0 spiro atoms. The van der Waals surface area contributed by atoms with E-state index < -0.39 is 18.1 Å². The molecule has 0 bridgehead atoms. The van der Waals surface area contributed by atoms with Crippen molar-refractivity contribution >= 4 is 5.97 Å². The molecular weight excluding hydrogens is 597 g/mol. The molecule has 4 nitrogen and oxygen atoms in total. The first-order chi connectivity index (χ1) is 22.5. The van der Waals surface area contributed by atoms with Crippen LogP contribution in [0.5, 0.6) is 0 Å². The molecule has 6 aliphatic carbocycles. The smallest absolute Gasteiger partial charge is 0.312 e. The van der Waals surface area contributed by atoms with Crippen LogP contribution in [0.15, 0.2) is 35.5 Å². The van der Waals surface area contributed by atoms with Crippen LogP contribution in [0.1, 0.15) is 132 Å². The second-order valence-corrected chi connectivity index (χ2v) is 20.0. The molecule has 7 aliphatic rings. The van der Waals surface area contributed by atoms with E-state index in [9.17, 15) is 14.3 Å². The van der Waals surface area contributed by atoms with Crippen LogP contribution in [0.3, 0.4) is 0 Å². The van der Waals surface area contributed by atoms with E-state index in [4.69, 9.17) is 4.74 Å². The zero-order chi connectivity index (χ0) is 34.5. The predicted octanol–water partition coefficient (Wildman–Crippen LogP) is 10.1. The lowest BCUT2D eigenvalue weighted by atomic mass is 9.33. The molecule has 1 saturated heterocycles. The van der Waals surface area contributed by atoms with Crippen molar-refractivity contribution in [2.24, 2.45) is 62.1 Å². The summed E-state index contributed by atoms with van der Waals surface area (Å²) < 4.78 is 19.5. The average molecular weight is 664 g/mol. The van der Waals surface area contributed by atoms with Gasteiger partial charge in [-0.15, -0.1) is 0 Å². The monoisotopic (exact) mass is 664 g/mol. The first kappa shape index (κ1) is 35.0. The maximum atomic E-state index is 14.0. The van der Waals surface area contributed by atoms with E-state index in [1.54, 1.807) is 0 Å². The molecule has 268 valence electrons. The van der Waals surface area contributed by atoms with Gasteiger partial charge < -0.3 is 15.2 Å². The van der Waals surface area contributed by atoms with Crippen LogP contribution in [-0.2, 0) is 9.53 Å². The normalized spacial score (nSPS) is 47.3. The number of halogens is 1. The van der Waals surface area contributed by atoms with Crippen molar-refractivity contribution in [3.05, 3.63) is 35.5 Å². The highest BCUT2D eigenvalue weighted by Gasteiger charge is 2.70. The number of fused-ring (bicyclic) bond motifs is 7. The summed E-state index contributed by atoms with van der Waals surface area (Å²) in [4.78, 5) is 12.0. The number of alkyl halides is 1. The van der Waals surface area contributed by atoms with Crippen LogP contribution >= 0.6 is 0 Å². The van der Waals surface area contributed by atoms with Gasteiger partial charge in [-0.25, -0.2) is 4.39 Å². The summed E-state index contributed by atoms with van der Waals surface area (Å²) in [5.41, 5.74) is 4.36. The van der Waals surface area contributed by atoms with E-state index in [0.29, 0.717) is 59.2 Å². The minimum atomic E-state index is -1.24. The van der Waals surface area contributed by atoms with Crippen LogP contribution in [0.2, 0.25) is 0 Å².